The van der Waals surface area contributed by atoms with Crippen molar-refractivity contribution >= 4 is 17.5 Å². The Balaban J connectivity index is 2.09. The van der Waals surface area contributed by atoms with Crippen LogP contribution in [0.1, 0.15) is 24.2 Å². The lowest BCUT2D eigenvalue weighted by atomic mass is 10.1. The minimum absolute atomic E-state index is 0.00169. The lowest BCUT2D eigenvalue weighted by molar-refractivity contribution is 0.101. The molecular weight excluding hydrogens is 287 g/mol. The summed E-state index contributed by atoms with van der Waals surface area (Å²) in [6, 6.07) is 13.6. The quantitative estimate of drug-likeness (QED) is 0.577. The normalized spacial score (nSPS) is 10.7. The first-order valence-electron chi connectivity index (χ1n) is 6.74. The fourth-order valence-electron chi connectivity index (χ4n) is 1.84. The first-order chi connectivity index (χ1) is 10.1. The molecular formula is C17H17FO2S. The van der Waals surface area contributed by atoms with E-state index in [-0.39, 0.29) is 23.5 Å². The minimum atomic E-state index is -0.304. The molecule has 0 aliphatic heterocycles. The molecule has 2 rings (SSSR count). The summed E-state index contributed by atoms with van der Waals surface area (Å²) in [6.07, 6.45) is -0.00169. The van der Waals surface area contributed by atoms with Crippen molar-refractivity contribution in [2.75, 3.05) is 5.75 Å². The van der Waals surface area contributed by atoms with E-state index in [0.29, 0.717) is 16.2 Å². The molecule has 0 aliphatic carbocycles. The number of para-hydroxylation sites is 1. The number of ether oxygens (including phenoxy) is 1. The van der Waals surface area contributed by atoms with Crippen LogP contribution in [-0.4, -0.2) is 17.6 Å². The zero-order valence-corrected chi connectivity index (χ0v) is 12.8. The molecule has 21 heavy (non-hydrogen) atoms. The third kappa shape index (κ3) is 4.33. The number of rotatable bonds is 6. The van der Waals surface area contributed by atoms with Gasteiger partial charge in [-0.15, -0.1) is 11.8 Å². The van der Waals surface area contributed by atoms with E-state index in [9.17, 15) is 9.18 Å². The topological polar surface area (TPSA) is 26.3 Å². The SMILES string of the molecule is CC(C)Oc1ccccc1C(=O)CSc1ccccc1F. The summed E-state index contributed by atoms with van der Waals surface area (Å²) >= 11 is 1.20. The monoisotopic (exact) mass is 304 g/mol. The minimum Gasteiger partial charge on any atom is -0.490 e. The van der Waals surface area contributed by atoms with Gasteiger partial charge in [-0.05, 0) is 38.1 Å². The highest BCUT2D eigenvalue weighted by atomic mass is 32.2. The molecule has 0 N–H and O–H groups in total. The Morgan fingerprint density at radius 1 is 1.14 bits per heavy atom. The van der Waals surface area contributed by atoms with Crippen LogP contribution < -0.4 is 4.74 Å². The van der Waals surface area contributed by atoms with Crippen molar-refractivity contribution in [1.82, 2.24) is 0 Å². The number of Topliss-reactive ketones (excluding diaryl/α,β-unsaturated/α-hetero) is 1. The van der Waals surface area contributed by atoms with Crippen molar-refractivity contribution in [3.63, 3.8) is 0 Å². The summed E-state index contributed by atoms with van der Waals surface area (Å²) in [4.78, 5) is 12.8. The third-order valence-electron chi connectivity index (χ3n) is 2.75. The van der Waals surface area contributed by atoms with E-state index in [2.05, 4.69) is 0 Å². The molecule has 0 saturated carbocycles. The Labute approximate surface area is 128 Å². The van der Waals surface area contributed by atoms with Crippen LogP contribution in [0.4, 0.5) is 4.39 Å². The highest BCUT2D eigenvalue weighted by molar-refractivity contribution is 8.00. The fourth-order valence-corrected chi connectivity index (χ4v) is 2.66. The van der Waals surface area contributed by atoms with E-state index in [1.165, 1.54) is 17.8 Å². The molecule has 0 fully saturated rings. The van der Waals surface area contributed by atoms with Crippen molar-refractivity contribution in [3.05, 3.63) is 59.9 Å². The maximum atomic E-state index is 13.5. The van der Waals surface area contributed by atoms with Crippen LogP contribution in [0.25, 0.3) is 0 Å². The van der Waals surface area contributed by atoms with Gasteiger partial charge in [0.05, 0.1) is 17.4 Å². The fraction of sp³-hybridized carbons (Fsp3) is 0.235. The molecule has 0 aromatic heterocycles. The Hall–Kier alpha value is -1.81. The van der Waals surface area contributed by atoms with Gasteiger partial charge >= 0.3 is 0 Å². The van der Waals surface area contributed by atoms with Crippen LogP contribution in [0.15, 0.2) is 53.4 Å². The van der Waals surface area contributed by atoms with Gasteiger partial charge in [0.15, 0.2) is 5.78 Å². The standard InChI is InChI=1S/C17H17FO2S/c1-12(2)20-16-9-5-3-7-13(16)15(19)11-21-17-10-6-4-8-14(17)18/h3-10,12H,11H2,1-2H3. The molecule has 2 nitrogen and oxygen atoms in total. The molecule has 0 amide bonds. The van der Waals surface area contributed by atoms with Gasteiger partial charge in [-0.2, -0.15) is 0 Å². The average Bonchev–Trinajstić information content (AvgIpc) is 2.46. The number of ketones is 1. The predicted octanol–water partition coefficient (Wildman–Crippen LogP) is 4.59. The van der Waals surface area contributed by atoms with Crippen LogP contribution in [0.5, 0.6) is 5.75 Å². The smallest absolute Gasteiger partial charge is 0.176 e. The van der Waals surface area contributed by atoms with Crippen LogP contribution in [-0.2, 0) is 0 Å². The average molecular weight is 304 g/mol. The maximum Gasteiger partial charge on any atom is 0.176 e. The first kappa shape index (κ1) is 15.6. The van der Waals surface area contributed by atoms with Crippen LogP contribution in [0.2, 0.25) is 0 Å². The summed E-state index contributed by atoms with van der Waals surface area (Å²) in [5.74, 6) is 0.382. The molecule has 0 spiro atoms. The maximum absolute atomic E-state index is 13.5. The zero-order chi connectivity index (χ0) is 15.2. The summed E-state index contributed by atoms with van der Waals surface area (Å²) < 4.78 is 19.2. The molecule has 110 valence electrons. The van der Waals surface area contributed by atoms with E-state index < -0.39 is 0 Å². The van der Waals surface area contributed by atoms with E-state index in [4.69, 9.17) is 4.74 Å². The number of benzene rings is 2. The van der Waals surface area contributed by atoms with Crippen molar-refractivity contribution in [2.45, 2.75) is 24.8 Å². The number of hydrogen-bond donors (Lipinski definition) is 0. The Morgan fingerprint density at radius 2 is 1.81 bits per heavy atom. The van der Waals surface area contributed by atoms with Gasteiger partial charge in [-0.1, -0.05) is 24.3 Å². The molecule has 0 bridgehead atoms. The molecule has 0 saturated heterocycles. The lowest BCUT2D eigenvalue weighted by Gasteiger charge is -2.13. The Bertz CT molecular complexity index is 626. The van der Waals surface area contributed by atoms with Gasteiger partial charge in [0.2, 0.25) is 0 Å². The zero-order valence-electron chi connectivity index (χ0n) is 12.0. The second-order valence-electron chi connectivity index (χ2n) is 4.81. The number of thioether (sulfide) groups is 1. The Morgan fingerprint density at radius 3 is 2.52 bits per heavy atom. The van der Waals surface area contributed by atoms with E-state index >= 15 is 0 Å². The van der Waals surface area contributed by atoms with Gasteiger partial charge in [0.1, 0.15) is 11.6 Å². The lowest BCUT2D eigenvalue weighted by Crippen LogP contribution is -2.11. The summed E-state index contributed by atoms with van der Waals surface area (Å²) in [5.41, 5.74) is 0.537. The van der Waals surface area contributed by atoms with Crippen molar-refractivity contribution in [3.8, 4) is 5.75 Å². The molecule has 0 heterocycles. The van der Waals surface area contributed by atoms with Gasteiger partial charge in [-0.3, -0.25) is 4.79 Å². The summed E-state index contributed by atoms with van der Waals surface area (Å²) in [5, 5.41) is 0. The third-order valence-corrected chi connectivity index (χ3v) is 3.79. The van der Waals surface area contributed by atoms with Gasteiger partial charge in [0, 0.05) is 4.90 Å². The largest absolute Gasteiger partial charge is 0.490 e. The van der Waals surface area contributed by atoms with Gasteiger partial charge in [0.25, 0.3) is 0 Å². The van der Waals surface area contributed by atoms with Gasteiger partial charge < -0.3 is 4.74 Å². The molecule has 0 atom stereocenters. The van der Waals surface area contributed by atoms with Crippen LogP contribution in [0.3, 0.4) is 0 Å². The molecule has 2 aromatic carbocycles. The molecule has 2 aromatic rings. The van der Waals surface area contributed by atoms with E-state index in [1.807, 2.05) is 19.9 Å². The van der Waals surface area contributed by atoms with Crippen molar-refractivity contribution in [1.29, 1.82) is 0 Å². The molecule has 4 heteroatoms. The number of hydrogen-bond acceptors (Lipinski definition) is 3. The molecule has 0 unspecified atom stereocenters. The summed E-state index contributed by atoms with van der Waals surface area (Å²) in [6.45, 7) is 3.82. The second-order valence-corrected chi connectivity index (χ2v) is 5.82. The first-order valence-corrected chi connectivity index (χ1v) is 7.72. The molecule has 0 aliphatic rings. The highest BCUT2D eigenvalue weighted by Gasteiger charge is 2.14. The van der Waals surface area contributed by atoms with Crippen LogP contribution >= 0.6 is 11.8 Å². The number of halogens is 1. The van der Waals surface area contributed by atoms with Crippen LogP contribution in [0, 0.1) is 5.82 Å². The van der Waals surface area contributed by atoms with Crippen molar-refractivity contribution in [2.24, 2.45) is 0 Å². The summed E-state index contributed by atoms with van der Waals surface area (Å²) in [7, 11) is 0. The highest BCUT2D eigenvalue weighted by Crippen LogP contribution is 2.25. The number of carbonyl (C=O) groups is 1. The van der Waals surface area contributed by atoms with Crippen molar-refractivity contribution < 1.29 is 13.9 Å². The molecule has 0 radical (unpaired) electrons. The predicted molar refractivity (Wildman–Crippen MR) is 83.7 cm³/mol. The van der Waals surface area contributed by atoms with E-state index in [1.54, 1.807) is 36.4 Å². The number of carbonyl (C=O) groups excluding carboxylic acids is 1. The second kappa shape index (κ2) is 7.27. The van der Waals surface area contributed by atoms with Gasteiger partial charge in [-0.25, -0.2) is 4.39 Å². The van der Waals surface area contributed by atoms with E-state index in [0.717, 1.165) is 0 Å². The Kier molecular flexibility index (Phi) is 5.39.